The van der Waals surface area contributed by atoms with Crippen LogP contribution in [0.15, 0.2) is 29.3 Å². The molecular formula is C22H27N7O4. The van der Waals surface area contributed by atoms with Crippen LogP contribution in [-0.2, 0) is 4.74 Å². The molecule has 5 heterocycles. The van der Waals surface area contributed by atoms with Gasteiger partial charge in [-0.15, -0.1) is 5.10 Å². The topological polar surface area (TPSA) is 118 Å². The number of fused-ring (bicyclic) bond motifs is 2. The largest absolute Gasteiger partial charge is 0.444 e. The van der Waals surface area contributed by atoms with E-state index in [1.165, 1.54) is 15.4 Å². The van der Waals surface area contributed by atoms with Crippen molar-refractivity contribution >= 4 is 17.5 Å². The molecule has 2 amide bonds. The lowest BCUT2D eigenvalue weighted by Gasteiger charge is -2.27. The summed E-state index contributed by atoms with van der Waals surface area (Å²) in [7, 11) is 0. The van der Waals surface area contributed by atoms with E-state index in [-0.39, 0.29) is 35.5 Å². The van der Waals surface area contributed by atoms with Crippen LogP contribution in [0.1, 0.15) is 43.2 Å². The third-order valence-corrected chi connectivity index (χ3v) is 6.29. The number of hydrogen-bond donors (Lipinski definition) is 1. The number of aromatic amines is 1. The van der Waals surface area contributed by atoms with E-state index in [4.69, 9.17) is 4.74 Å². The zero-order valence-corrected chi connectivity index (χ0v) is 19.1. The molecule has 0 spiro atoms. The van der Waals surface area contributed by atoms with E-state index in [1.807, 2.05) is 25.7 Å². The van der Waals surface area contributed by atoms with Crippen molar-refractivity contribution in [1.29, 1.82) is 0 Å². The molecule has 0 radical (unpaired) electrons. The highest BCUT2D eigenvalue weighted by Gasteiger charge is 2.46. The van der Waals surface area contributed by atoms with Gasteiger partial charge >= 0.3 is 6.09 Å². The molecule has 33 heavy (non-hydrogen) atoms. The van der Waals surface area contributed by atoms with Gasteiger partial charge in [-0.25, -0.2) is 14.0 Å². The fraction of sp³-hybridized carbons (Fsp3) is 0.500. The molecule has 5 rings (SSSR count). The Morgan fingerprint density at radius 1 is 1.24 bits per heavy atom. The van der Waals surface area contributed by atoms with E-state index in [0.717, 1.165) is 6.42 Å². The number of likely N-dealkylation sites (tertiary alicyclic amines) is 2. The first kappa shape index (κ1) is 21.2. The summed E-state index contributed by atoms with van der Waals surface area (Å²) in [6, 6.07) is 3.35. The maximum absolute atomic E-state index is 13.4. The molecule has 0 saturated carbocycles. The zero-order valence-electron chi connectivity index (χ0n) is 19.1. The van der Waals surface area contributed by atoms with Crippen LogP contribution in [0.5, 0.6) is 0 Å². The number of carbonyl (C=O) groups is 2. The average molecular weight is 454 g/mol. The number of hydrogen-bond acceptors (Lipinski definition) is 6. The normalized spacial score (nSPS) is 20.5. The Hall–Kier alpha value is -3.63. The van der Waals surface area contributed by atoms with Gasteiger partial charge in [-0.1, -0.05) is 0 Å². The minimum Gasteiger partial charge on any atom is -0.444 e. The lowest BCUT2D eigenvalue weighted by Crippen LogP contribution is -2.42. The summed E-state index contributed by atoms with van der Waals surface area (Å²) in [6.45, 7) is 8.97. The van der Waals surface area contributed by atoms with Crippen LogP contribution in [0, 0.1) is 12.8 Å². The van der Waals surface area contributed by atoms with E-state index >= 15 is 0 Å². The van der Waals surface area contributed by atoms with Gasteiger partial charge in [0.15, 0.2) is 0 Å². The molecule has 11 nitrogen and oxygen atoms in total. The van der Waals surface area contributed by atoms with Gasteiger partial charge < -0.3 is 14.5 Å². The van der Waals surface area contributed by atoms with E-state index < -0.39 is 5.60 Å². The minimum atomic E-state index is -0.561. The Kier molecular flexibility index (Phi) is 4.80. The predicted molar refractivity (Wildman–Crippen MR) is 118 cm³/mol. The molecule has 3 aromatic rings. The van der Waals surface area contributed by atoms with Crippen molar-refractivity contribution in [3.05, 3.63) is 46.1 Å². The van der Waals surface area contributed by atoms with Crippen LogP contribution in [-0.4, -0.2) is 77.5 Å². The number of carbonyl (C=O) groups excluding carboxylic acids is 2. The van der Waals surface area contributed by atoms with Crippen molar-refractivity contribution in [3.63, 3.8) is 0 Å². The molecule has 2 aliphatic heterocycles. The van der Waals surface area contributed by atoms with Gasteiger partial charge in [-0.2, -0.15) is 5.10 Å². The summed E-state index contributed by atoms with van der Waals surface area (Å²) in [4.78, 5) is 44.5. The second kappa shape index (κ2) is 7.46. The van der Waals surface area contributed by atoms with Gasteiger partial charge in [0.1, 0.15) is 11.1 Å². The number of rotatable bonds is 2. The van der Waals surface area contributed by atoms with Crippen molar-refractivity contribution in [2.75, 3.05) is 19.6 Å². The van der Waals surface area contributed by atoms with Crippen LogP contribution < -0.4 is 5.56 Å². The maximum atomic E-state index is 13.4. The Labute approximate surface area is 189 Å². The van der Waals surface area contributed by atoms with E-state index in [2.05, 4.69) is 15.2 Å². The van der Waals surface area contributed by atoms with Crippen LogP contribution in [0.25, 0.3) is 11.5 Å². The number of nitrogens with zero attached hydrogens (tertiary/aromatic N) is 6. The van der Waals surface area contributed by atoms with E-state index in [9.17, 15) is 14.4 Å². The molecule has 174 valence electrons. The molecule has 2 saturated heterocycles. The quantitative estimate of drug-likeness (QED) is 0.630. The number of amides is 2. The SMILES string of the molecule is Cc1c(C(=O)N2CCC3CN(C(=O)OC(C)(C)C)CC32)cnn1-c1nn2cccc2c(=O)[nH]1. The summed E-state index contributed by atoms with van der Waals surface area (Å²) in [5.41, 5.74) is 0.609. The van der Waals surface area contributed by atoms with Crippen LogP contribution in [0.2, 0.25) is 0 Å². The molecule has 2 fully saturated rings. The van der Waals surface area contributed by atoms with Crippen LogP contribution in [0.4, 0.5) is 4.79 Å². The first-order chi connectivity index (χ1) is 15.6. The third kappa shape index (κ3) is 3.66. The number of aromatic nitrogens is 5. The van der Waals surface area contributed by atoms with Crippen molar-refractivity contribution in [2.45, 2.75) is 45.8 Å². The van der Waals surface area contributed by atoms with Crippen LogP contribution in [0.3, 0.4) is 0 Å². The molecule has 2 unspecified atom stereocenters. The molecule has 3 aromatic heterocycles. The molecule has 11 heteroatoms. The fourth-order valence-electron chi connectivity index (χ4n) is 4.70. The molecule has 0 aromatic carbocycles. The molecule has 0 bridgehead atoms. The second-order valence-electron chi connectivity index (χ2n) is 9.67. The van der Waals surface area contributed by atoms with Crippen molar-refractivity contribution in [3.8, 4) is 5.95 Å². The highest BCUT2D eigenvalue weighted by Crippen LogP contribution is 2.33. The first-order valence-corrected chi connectivity index (χ1v) is 11.0. The van der Waals surface area contributed by atoms with Gasteiger partial charge in [0.25, 0.3) is 11.5 Å². The first-order valence-electron chi connectivity index (χ1n) is 11.0. The third-order valence-electron chi connectivity index (χ3n) is 6.29. The smallest absolute Gasteiger partial charge is 0.410 e. The maximum Gasteiger partial charge on any atom is 0.410 e. The fourth-order valence-corrected chi connectivity index (χ4v) is 4.70. The lowest BCUT2D eigenvalue weighted by molar-refractivity contribution is 0.0268. The van der Waals surface area contributed by atoms with Crippen molar-refractivity contribution in [1.82, 2.24) is 34.2 Å². The zero-order chi connectivity index (χ0) is 23.5. The molecule has 2 atom stereocenters. The Morgan fingerprint density at radius 2 is 2.03 bits per heavy atom. The number of nitrogens with one attached hydrogen (secondary N) is 1. The number of H-pyrrole nitrogens is 1. The lowest BCUT2D eigenvalue weighted by atomic mass is 10.0. The van der Waals surface area contributed by atoms with Gasteiger partial charge in [-0.05, 0) is 46.2 Å². The summed E-state index contributed by atoms with van der Waals surface area (Å²) in [5, 5.41) is 8.71. The van der Waals surface area contributed by atoms with Crippen molar-refractivity contribution < 1.29 is 14.3 Å². The average Bonchev–Trinajstić information content (AvgIpc) is 3.49. The monoisotopic (exact) mass is 453 g/mol. The number of ether oxygens (including phenoxy) is 1. The predicted octanol–water partition coefficient (Wildman–Crippen LogP) is 1.60. The van der Waals surface area contributed by atoms with Gasteiger partial charge in [0.2, 0.25) is 5.95 Å². The van der Waals surface area contributed by atoms with Gasteiger partial charge in [0.05, 0.1) is 23.5 Å². The molecule has 2 aliphatic rings. The molecule has 0 aliphatic carbocycles. The van der Waals surface area contributed by atoms with Gasteiger partial charge in [0, 0.05) is 31.7 Å². The Balaban J connectivity index is 1.37. The summed E-state index contributed by atoms with van der Waals surface area (Å²) >= 11 is 0. The molecular weight excluding hydrogens is 426 g/mol. The highest BCUT2D eigenvalue weighted by atomic mass is 16.6. The summed E-state index contributed by atoms with van der Waals surface area (Å²) in [6.07, 6.45) is 3.68. The van der Waals surface area contributed by atoms with Crippen LogP contribution >= 0.6 is 0 Å². The van der Waals surface area contributed by atoms with Gasteiger partial charge in [-0.3, -0.25) is 14.6 Å². The second-order valence-corrected chi connectivity index (χ2v) is 9.67. The highest BCUT2D eigenvalue weighted by molar-refractivity contribution is 5.95. The summed E-state index contributed by atoms with van der Waals surface area (Å²) < 4.78 is 8.44. The Morgan fingerprint density at radius 3 is 2.79 bits per heavy atom. The Bertz CT molecular complexity index is 1300. The van der Waals surface area contributed by atoms with E-state index in [1.54, 1.807) is 30.2 Å². The standard InChI is InChI=1S/C22H27N7O4/c1-13-15(10-23-29(13)20-24-18(30)16-6-5-8-28(16)25-20)19(31)27-9-7-14-11-26(12-17(14)27)21(32)33-22(2,3)4/h5-6,8,10,14,17H,7,9,11-12H2,1-4H3,(H,24,25,30). The van der Waals surface area contributed by atoms with E-state index in [0.29, 0.717) is 36.4 Å². The summed E-state index contributed by atoms with van der Waals surface area (Å²) in [5.74, 6) is 0.323. The minimum absolute atomic E-state index is 0.0538. The van der Waals surface area contributed by atoms with Crippen molar-refractivity contribution in [2.24, 2.45) is 5.92 Å². The molecule has 1 N–H and O–H groups in total.